The Labute approximate surface area is 157 Å². The van der Waals surface area contributed by atoms with Crippen LogP contribution in [0.1, 0.15) is 34.1 Å². The van der Waals surface area contributed by atoms with Crippen LogP contribution in [0.4, 0.5) is 0 Å². The molecule has 5 heteroatoms. The van der Waals surface area contributed by atoms with Crippen LogP contribution in [0.2, 0.25) is 0 Å². The molecule has 4 rings (SSSR count). The fraction of sp³-hybridized carbons (Fsp3) is 0.136. The largest absolute Gasteiger partial charge is 0.489 e. The van der Waals surface area contributed by atoms with Crippen molar-refractivity contribution in [3.63, 3.8) is 0 Å². The number of aryl methyl sites for hydroxylation is 1. The van der Waals surface area contributed by atoms with Gasteiger partial charge < -0.3 is 9.72 Å². The Kier molecular flexibility index (Phi) is 4.66. The standard InChI is InChI=1S/C22H19N3O2/c1-2-18-19(20-22(25-18)24-13-12-23-20)21(26)16-8-10-17(11-9-16)27-14-15-6-4-3-5-7-15/h3-13H,2,14H2,1H3,(H,24,25). The number of ether oxygens (including phenoxy) is 1. The number of aromatic nitrogens is 3. The van der Waals surface area contributed by atoms with Crippen LogP contribution in [0.25, 0.3) is 11.2 Å². The zero-order chi connectivity index (χ0) is 18.6. The molecule has 0 bridgehead atoms. The second-order valence-corrected chi connectivity index (χ2v) is 6.21. The molecule has 0 radical (unpaired) electrons. The molecule has 0 aliphatic carbocycles. The summed E-state index contributed by atoms with van der Waals surface area (Å²) in [6.07, 6.45) is 3.93. The summed E-state index contributed by atoms with van der Waals surface area (Å²) >= 11 is 0. The first-order valence-electron chi connectivity index (χ1n) is 8.89. The van der Waals surface area contributed by atoms with Crippen LogP contribution in [-0.4, -0.2) is 20.7 Å². The molecular weight excluding hydrogens is 338 g/mol. The summed E-state index contributed by atoms with van der Waals surface area (Å²) in [5.41, 5.74) is 4.40. The number of benzene rings is 2. The smallest absolute Gasteiger partial charge is 0.197 e. The highest BCUT2D eigenvalue weighted by Gasteiger charge is 2.20. The van der Waals surface area contributed by atoms with Gasteiger partial charge in [-0.25, -0.2) is 4.98 Å². The van der Waals surface area contributed by atoms with Crippen LogP contribution >= 0.6 is 0 Å². The van der Waals surface area contributed by atoms with Crippen molar-refractivity contribution in [2.45, 2.75) is 20.0 Å². The molecule has 0 fully saturated rings. The monoisotopic (exact) mass is 357 g/mol. The van der Waals surface area contributed by atoms with Crippen LogP contribution < -0.4 is 4.74 Å². The third-order valence-electron chi connectivity index (χ3n) is 4.45. The maximum Gasteiger partial charge on any atom is 0.197 e. The predicted octanol–water partition coefficient (Wildman–Crippen LogP) is 4.33. The Hall–Kier alpha value is -3.47. The van der Waals surface area contributed by atoms with Gasteiger partial charge in [-0.2, -0.15) is 0 Å². The number of hydrogen-bond acceptors (Lipinski definition) is 4. The molecule has 5 nitrogen and oxygen atoms in total. The van der Waals surface area contributed by atoms with Gasteiger partial charge in [0, 0.05) is 23.7 Å². The van der Waals surface area contributed by atoms with E-state index in [1.54, 1.807) is 24.5 Å². The van der Waals surface area contributed by atoms with E-state index in [0.29, 0.717) is 35.3 Å². The molecule has 0 atom stereocenters. The molecule has 4 aromatic rings. The topological polar surface area (TPSA) is 67.9 Å². The van der Waals surface area contributed by atoms with E-state index < -0.39 is 0 Å². The van der Waals surface area contributed by atoms with E-state index in [1.807, 2.05) is 49.4 Å². The van der Waals surface area contributed by atoms with Crippen molar-refractivity contribution in [3.8, 4) is 5.75 Å². The molecule has 2 aromatic carbocycles. The second kappa shape index (κ2) is 7.41. The normalized spacial score (nSPS) is 10.9. The van der Waals surface area contributed by atoms with Gasteiger partial charge in [0.05, 0.1) is 5.56 Å². The maximum absolute atomic E-state index is 13.1. The summed E-state index contributed by atoms with van der Waals surface area (Å²) < 4.78 is 5.79. The minimum absolute atomic E-state index is 0.0618. The lowest BCUT2D eigenvalue weighted by atomic mass is 10.0. The first-order valence-corrected chi connectivity index (χ1v) is 8.89. The highest BCUT2D eigenvalue weighted by atomic mass is 16.5. The number of nitrogens with one attached hydrogen (secondary N) is 1. The van der Waals surface area contributed by atoms with Crippen molar-refractivity contribution in [2.24, 2.45) is 0 Å². The molecule has 0 aliphatic rings. The Morgan fingerprint density at radius 1 is 1.00 bits per heavy atom. The Bertz CT molecular complexity index is 1070. The Balaban J connectivity index is 1.56. The van der Waals surface area contributed by atoms with Crippen molar-refractivity contribution >= 4 is 16.9 Å². The number of nitrogens with zero attached hydrogens (tertiary/aromatic N) is 2. The summed E-state index contributed by atoms with van der Waals surface area (Å²) in [4.78, 5) is 24.9. The third kappa shape index (κ3) is 3.44. The molecule has 134 valence electrons. The minimum Gasteiger partial charge on any atom is -0.489 e. The van der Waals surface area contributed by atoms with E-state index in [-0.39, 0.29) is 5.78 Å². The fourth-order valence-corrected chi connectivity index (χ4v) is 3.06. The van der Waals surface area contributed by atoms with E-state index >= 15 is 0 Å². The molecule has 1 N–H and O–H groups in total. The zero-order valence-corrected chi connectivity index (χ0v) is 15.0. The summed E-state index contributed by atoms with van der Waals surface area (Å²) in [7, 11) is 0. The van der Waals surface area contributed by atoms with Gasteiger partial charge in [0.25, 0.3) is 0 Å². The fourth-order valence-electron chi connectivity index (χ4n) is 3.06. The van der Waals surface area contributed by atoms with Crippen molar-refractivity contribution in [1.82, 2.24) is 15.0 Å². The molecule has 0 amide bonds. The molecule has 0 saturated heterocycles. The number of carbonyl (C=O) groups is 1. The van der Waals surface area contributed by atoms with Crippen molar-refractivity contribution in [1.29, 1.82) is 0 Å². The van der Waals surface area contributed by atoms with E-state index in [1.165, 1.54) is 0 Å². The SMILES string of the molecule is CCc1[nH]c2nccnc2c1C(=O)c1ccc(OCc2ccccc2)cc1. The van der Waals surface area contributed by atoms with E-state index in [0.717, 1.165) is 17.0 Å². The number of carbonyl (C=O) groups excluding carboxylic acids is 1. The number of aromatic amines is 1. The van der Waals surface area contributed by atoms with E-state index in [2.05, 4.69) is 15.0 Å². The average molecular weight is 357 g/mol. The predicted molar refractivity (Wildman–Crippen MR) is 104 cm³/mol. The molecular formula is C22H19N3O2. The van der Waals surface area contributed by atoms with Crippen LogP contribution in [0.5, 0.6) is 5.75 Å². The molecule has 27 heavy (non-hydrogen) atoms. The lowest BCUT2D eigenvalue weighted by Crippen LogP contribution is -2.04. The van der Waals surface area contributed by atoms with E-state index in [9.17, 15) is 4.79 Å². The number of hydrogen-bond donors (Lipinski definition) is 1. The van der Waals surface area contributed by atoms with Crippen molar-refractivity contribution in [2.75, 3.05) is 0 Å². The van der Waals surface area contributed by atoms with Gasteiger partial charge in [0.2, 0.25) is 0 Å². The molecule has 2 aromatic heterocycles. The quantitative estimate of drug-likeness (QED) is 0.522. The number of fused-ring (bicyclic) bond motifs is 1. The summed E-state index contributed by atoms with van der Waals surface area (Å²) in [5, 5.41) is 0. The summed E-state index contributed by atoms with van der Waals surface area (Å²) in [5.74, 6) is 0.665. The highest BCUT2D eigenvalue weighted by Crippen LogP contribution is 2.24. The molecule has 0 spiro atoms. The maximum atomic E-state index is 13.1. The molecule has 0 saturated carbocycles. The van der Waals surface area contributed by atoms with Crippen LogP contribution in [0, 0.1) is 0 Å². The first-order chi connectivity index (χ1) is 13.3. The first kappa shape index (κ1) is 17.0. The Morgan fingerprint density at radius 2 is 1.74 bits per heavy atom. The number of H-pyrrole nitrogens is 1. The third-order valence-corrected chi connectivity index (χ3v) is 4.45. The summed E-state index contributed by atoms with van der Waals surface area (Å²) in [6, 6.07) is 17.2. The van der Waals surface area contributed by atoms with Crippen LogP contribution in [0.15, 0.2) is 67.0 Å². The van der Waals surface area contributed by atoms with Gasteiger partial charge in [-0.3, -0.25) is 9.78 Å². The van der Waals surface area contributed by atoms with Gasteiger partial charge in [-0.1, -0.05) is 37.3 Å². The van der Waals surface area contributed by atoms with Gasteiger partial charge in [-0.15, -0.1) is 0 Å². The van der Waals surface area contributed by atoms with Crippen molar-refractivity contribution < 1.29 is 9.53 Å². The van der Waals surface area contributed by atoms with Gasteiger partial charge in [-0.05, 0) is 36.2 Å². The average Bonchev–Trinajstić information content (AvgIpc) is 3.11. The van der Waals surface area contributed by atoms with Crippen molar-refractivity contribution in [3.05, 3.63) is 89.4 Å². The zero-order valence-electron chi connectivity index (χ0n) is 15.0. The second-order valence-electron chi connectivity index (χ2n) is 6.21. The highest BCUT2D eigenvalue weighted by molar-refractivity contribution is 6.16. The molecule has 0 aliphatic heterocycles. The lowest BCUT2D eigenvalue weighted by molar-refractivity contribution is 0.103. The van der Waals surface area contributed by atoms with Gasteiger partial charge in [0.1, 0.15) is 17.9 Å². The molecule has 2 heterocycles. The lowest BCUT2D eigenvalue weighted by Gasteiger charge is -2.07. The molecule has 0 unspecified atom stereocenters. The Morgan fingerprint density at radius 3 is 2.48 bits per heavy atom. The van der Waals surface area contributed by atoms with Crippen LogP contribution in [-0.2, 0) is 13.0 Å². The van der Waals surface area contributed by atoms with Crippen LogP contribution in [0.3, 0.4) is 0 Å². The number of ketones is 1. The minimum atomic E-state index is -0.0618. The van der Waals surface area contributed by atoms with Gasteiger partial charge >= 0.3 is 0 Å². The summed E-state index contributed by atoms with van der Waals surface area (Å²) in [6.45, 7) is 2.49. The van der Waals surface area contributed by atoms with Gasteiger partial charge in [0.15, 0.2) is 11.4 Å². The number of rotatable bonds is 6. The van der Waals surface area contributed by atoms with E-state index in [4.69, 9.17) is 4.74 Å².